The second kappa shape index (κ2) is 4.32. The van der Waals surface area contributed by atoms with Crippen LogP contribution in [0.25, 0.3) is 0 Å². The summed E-state index contributed by atoms with van der Waals surface area (Å²) in [6.45, 7) is 3.30. The van der Waals surface area contributed by atoms with E-state index >= 15 is 0 Å². The fourth-order valence-corrected chi connectivity index (χ4v) is 1.71. The average Bonchev–Trinajstić information content (AvgIpc) is 2.15. The van der Waals surface area contributed by atoms with Crippen LogP contribution in [0.1, 0.15) is 33.1 Å². The third-order valence-corrected chi connectivity index (χ3v) is 2.42. The van der Waals surface area contributed by atoms with Crippen molar-refractivity contribution in [3.63, 3.8) is 0 Å². The lowest BCUT2D eigenvalue weighted by Crippen LogP contribution is -2.23. The van der Waals surface area contributed by atoms with Gasteiger partial charge < -0.3 is 15.9 Å². The van der Waals surface area contributed by atoms with E-state index in [1.165, 1.54) is 12.1 Å². The largest absolute Gasteiger partial charge is 0.480 e. The van der Waals surface area contributed by atoms with Crippen molar-refractivity contribution < 1.29 is 19.8 Å². The molecule has 0 aromatic heterocycles. The summed E-state index contributed by atoms with van der Waals surface area (Å²) in [5.74, 6) is -2.17. The molecule has 1 atom stereocenters. The molecule has 0 unspecified atom stereocenters. The third kappa shape index (κ3) is 2.20. The Hall–Kier alpha value is -1.88. The minimum atomic E-state index is -1.13. The highest BCUT2D eigenvalue weighted by molar-refractivity contribution is 5.88. The zero-order valence-corrected chi connectivity index (χ0v) is 9.02. The molecule has 4 N–H and O–H groups in total. The number of aliphatic carboxylic acids is 1. The molecular formula is C11H13NO4. The molecule has 1 aromatic carbocycles. The van der Waals surface area contributed by atoms with Crippen LogP contribution >= 0.6 is 0 Å². The first-order valence-electron chi connectivity index (χ1n) is 4.67. The molecule has 0 bridgehead atoms. The predicted molar refractivity (Wildman–Crippen MR) is 57.4 cm³/mol. The van der Waals surface area contributed by atoms with Gasteiger partial charge in [-0.2, -0.15) is 0 Å². The van der Waals surface area contributed by atoms with E-state index in [0.29, 0.717) is 16.7 Å². The molecule has 1 aromatic rings. The van der Waals surface area contributed by atoms with Gasteiger partial charge in [-0.15, -0.1) is 0 Å². The summed E-state index contributed by atoms with van der Waals surface area (Å²) >= 11 is 0. The number of rotatable bonds is 3. The Kier molecular flexibility index (Phi) is 3.29. The van der Waals surface area contributed by atoms with Gasteiger partial charge in [0.15, 0.2) is 0 Å². The maximum absolute atomic E-state index is 10.8. The Morgan fingerprint density at radius 2 is 1.62 bits per heavy atom. The van der Waals surface area contributed by atoms with Gasteiger partial charge in [-0.3, -0.25) is 4.79 Å². The smallest absolute Gasteiger partial charge is 0.335 e. The highest BCUT2D eigenvalue weighted by Gasteiger charge is 2.20. The van der Waals surface area contributed by atoms with Crippen molar-refractivity contribution in [2.75, 3.05) is 0 Å². The minimum Gasteiger partial charge on any atom is -0.480 e. The van der Waals surface area contributed by atoms with Gasteiger partial charge in [0, 0.05) is 0 Å². The van der Waals surface area contributed by atoms with Crippen LogP contribution in [0.4, 0.5) is 0 Å². The summed E-state index contributed by atoms with van der Waals surface area (Å²) in [4.78, 5) is 21.6. The quantitative estimate of drug-likeness (QED) is 0.712. The molecule has 0 amide bonds. The molecule has 0 heterocycles. The molecule has 0 saturated carbocycles. The molecule has 0 aliphatic carbocycles. The van der Waals surface area contributed by atoms with E-state index in [0.717, 1.165) is 0 Å². The molecule has 0 fully saturated rings. The lowest BCUT2D eigenvalue weighted by molar-refractivity contribution is -0.138. The maximum Gasteiger partial charge on any atom is 0.335 e. The van der Waals surface area contributed by atoms with Crippen LogP contribution in [-0.2, 0) is 4.79 Å². The second-order valence-corrected chi connectivity index (χ2v) is 3.64. The molecular weight excluding hydrogens is 210 g/mol. The zero-order chi connectivity index (χ0) is 12.5. The van der Waals surface area contributed by atoms with E-state index < -0.39 is 18.0 Å². The maximum atomic E-state index is 10.8. The van der Waals surface area contributed by atoms with Gasteiger partial charge in [-0.25, -0.2) is 4.79 Å². The molecule has 0 spiro atoms. The van der Waals surface area contributed by atoms with Gasteiger partial charge in [-0.05, 0) is 42.7 Å². The van der Waals surface area contributed by atoms with E-state index in [2.05, 4.69) is 0 Å². The van der Waals surface area contributed by atoms with E-state index in [1.54, 1.807) is 13.8 Å². The predicted octanol–water partition coefficient (Wildman–Crippen LogP) is 1.09. The van der Waals surface area contributed by atoms with Crippen molar-refractivity contribution in [1.82, 2.24) is 0 Å². The molecule has 16 heavy (non-hydrogen) atoms. The Labute approximate surface area is 92.5 Å². The number of carboxylic acid groups (broad SMARTS) is 2. The number of hydrogen-bond donors (Lipinski definition) is 3. The van der Waals surface area contributed by atoms with E-state index in [9.17, 15) is 9.59 Å². The van der Waals surface area contributed by atoms with Gasteiger partial charge in [0.25, 0.3) is 0 Å². The molecule has 5 heteroatoms. The Morgan fingerprint density at radius 3 is 1.94 bits per heavy atom. The van der Waals surface area contributed by atoms with Crippen LogP contribution in [0.3, 0.4) is 0 Å². The van der Waals surface area contributed by atoms with Gasteiger partial charge in [0.2, 0.25) is 0 Å². The normalized spacial score (nSPS) is 12.2. The van der Waals surface area contributed by atoms with Crippen LogP contribution in [0, 0.1) is 13.8 Å². The SMILES string of the molecule is Cc1cc(C(=O)O)cc(C)c1[C@H](N)C(=O)O. The van der Waals surface area contributed by atoms with Gasteiger partial charge in [0.05, 0.1) is 5.56 Å². The number of benzene rings is 1. The summed E-state index contributed by atoms with van der Waals surface area (Å²) in [6, 6.07) is 1.73. The molecule has 5 nitrogen and oxygen atoms in total. The van der Waals surface area contributed by atoms with Crippen LogP contribution < -0.4 is 5.73 Å². The first-order valence-corrected chi connectivity index (χ1v) is 4.67. The van der Waals surface area contributed by atoms with E-state index in [4.69, 9.17) is 15.9 Å². The molecule has 0 saturated heterocycles. The van der Waals surface area contributed by atoms with Crippen molar-refractivity contribution in [3.8, 4) is 0 Å². The molecule has 0 aliphatic rings. The summed E-state index contributed by atoms with van der Waals surface area (Å²) < 4.78 is 0. The molecule has 1 rings (SSSR count). The standard InChI is InChI=1S/C11H13NO4/c1-5-3-7(10(13)14)4-6(2)8(5)9(12)11(15)16/h3-4,9H,12H2,1-2H3,(H,13,14)(H,15,16)/t9-/m0/s1. The second-order valence-electron chi connectivity index (χ2n) is 3.64. The number of aromatic carboxylic acids is 1. The lowest BCUT2D eigenvalue weighted by Gasteiger charge is -2.14. The van der Waals surface area contributed by atoms with Crippen LogP contribution in [-0.4, -0.2) is 22.2 Å². The van der Waals surface area contributed by atoms with Crippen molar-refractivity contribution in [2.24, 2.45) is 5.73 Å². The van der Waals surface area contributed by atoms with Gasteiger partial charge in [0.1, 0.15) is 6.04 Å². The fraction of sp³-hybridized carbons (Fsp3) is 0.273. The Morgan fingerprint density at radius 1 is 1.19 bits per heavy atom. The summed E-state index contributed by atoms with van der Waals surface area (Å²) in [5, 5.41) is 17.6. The van der Waals surface area contributed by atoms with E-state index in [-0.39, 0.29) is 5.56 Å². The first-order chi connectivity index (χ1) is 7.34. The molecule has 0 aliphatic heterocycles. The minimum absolute atomic E-state index is 0.135. The Balaban J connectivity index is 3.33. The highest BCUT2D eigenvalue weighted by atomic mass is 16.4. The number of nitrogens with two attached hydrogens (primary N) is 1. The van der Waals surface area contributed by atoms with Crippen molar-refractivity contribution in [3.05, 3.63) is 34.4 Å². The number of carboxylic acids is 2. The molecule has 0 radical (unpaired) electrons. The topological polar surface area (TPSA) is 101 Å². The average molecular weight is 223 g/mol. The van der Waals surface area contributed by atoms with E-state index in [1.807, 2.05) is 0 Å². The van der Waals surface area contributed by atoms with Crippen LogP contribution in [0.2, 0.25) is 0 Å². The van der Waals surface area contributed by atoms with Crippen molar-refractivity contribution in [1.29, 1.82) is 0 Å². The highest BCUT2D eigenvalue weighted by Crippen LogP contribution is 2.22. The number of aryl methyl sites for hydroxylation is 2. The Bertz CT molecular complexity index is 430. The molecule has 86 valence electrons. The van der Waals surface area contributed by atoms with Crippen LogP contribution in [0.15, 0.2) is 12.1 Å². The van der Waals surface area contributed by atoms with Gasteiger partial charge in [-0.1, -0.05) is 0 Å². The summed E-state index contributed by atoms with van der Waals surface area (Å²) in [7, 11) is 0. The summed E-state index contributed by atoms with van der Waals surface area (Å²) in [5.41, 5.74) is 7.28. The van der Waals surface area contributed by atoms with Crippen molar-refractivity contribution in [2.45, 2.75) is 19.9 Å². The lowest BCUT2D eigenvalue weighted by atomic mass is 9.94. The number of carbonyl (C=O) groups is 2. The monoisotopic (exact) mass is 223 g/mol. The zero-order valence-electron chi connectivity index (χ0n) is 9.02. The van der Waals surface area contributed by atoms with Crippen LogP contribution in [0.5, 0.6) is 0 Å². The third-order valence-electron chi connectivity index (χ3n) is 2.42. The van der Waals surface area contributed by atoms with Gasteiger partial charge >= 0.3 is 11.9 Å². The summed E-state index contributed by atoms with van der Waals surface area (Å²) in [6.07, 6.45) is 0. The number of hydrogen-bond acceptors (Lipinski definition) is 3. The first kappa shape index (κ1) is 12.2. The van der Waals surface area contributed by atoms with Crippen molar-refractivity contribution >= 4 is 11.9 Å². The fourth-order valence-electron chi connectivity index (χ4n) is 1.71.